The van der Waals surface area contributed by atoms with Crippen LogP contribution in [0.15, 0.2) is 54.7 Å². The van der Waals surface area contributed by atoms with E-state index in [2.05, 4.69) is 20.6 Å². The number of nitrogens with zero attached hydrogens (tertiary/aromatic N) is 3. The summed E-state index contributed by atoms with van der Waals surface area (Å²) in [5.41, 5.74) is 1.91. The van der Waals surface area contributed by atoms with E-state index in [1.54, 1.807) is 29.9 Å². The third-order valence-corrected chi connectivity index (χ3v) is 3.60. The minimum absolute atomic E-state index is 0.212. The number of anilines is 1. The fraction of sp³-hybridized carbons (Fsp3) is 0.111. The van der Waals surface area contributed by atoms with Gasteiger partial charge in [-0.1, -0.05) is 36.4 Å². The number of pyridine rings is 1. The molecule has 126 valence electrons. The van der Waals surface area contributed by atoms with Crippen molar-refractivity contribution in [2.75, 3.05) is 12.4 Å². The van der Waals surface area contributed by atoms with Crippen molar-refractivity contribution in [2.24, 2.45) is 7.05 Å². The second-order valence-electron chi connectivity index (χ2n) is 5.37. The molecule has 2 N–H and O–H groups in total. The van der Waals surface area contributed by atoms with Crippen molar-refractivity contribution < 1.29 is 9.59 Å². The fourth-order valence-corrected chi connectivity index (χ4v) is 2.36. The van der Waals surface area contributed by atoms with E-state index in [9.17, 15) is 9.59 Å². The molecule has 3 rings (SSSR count). The summed E-state index contributed by atoms with van der Waals surface area (Å²) >= 11 is 0. The van der Waals surface area contributed by atoms with Gasteiger partial charge in [-0.25, -0.2) is 9.97 Å². The molecule has 3 aromatic rings. The van der Waals surface area contributed by atoms with Gasteiger partial charge in [-0.05, 0) is 12.1 Å². The number of carbonyl (C=O) groups is 2. The number of aromatic nitrogens is 3. The van der Waals surface area contributed by atoms with Crippen LogP contribution in [0.3, 0.4) is 0 Å². The smallest absolute Gasteiger partial charge is 0.287 e. The Bertz CT molecular complexity index is 918. The summed E-state index contributed by atoms with van der Waals surface area (Å²) < 4.78 is 1.54. The molecule has 0 radical (unpaired) electrons. The number of amides is 2. The van der Waals surface area contributed by atoms with Crippen molar-refractivity contribution in [3.8, 4) is 11.3 Å². The first kappa shape index (κ1) is 16.4. The summed E-state index contributed by atoms with van der Waals surface area (Å²) in [4.78, 5) is 32.6. The number of imidazole rings is 1. The lowest BCUT2D eigenvalue weighted by molar-refractivity contribution is 0.0948. The van der Waals surface area contributed by atoms with Crippen LogP contribution in [-0.4, -0.2) is 33.4 Å². The third-order valence-electron chi connectivity index (χ3n) is 3.60. The van der Waals surface area contributed by atoms with Gasteiger partial charge < -0.3 is 15.2 Å². The minimum Gasteiger partial charge on any atom is -0.352 e. The van der Waals surface area contributed by atoms with Gasteiger partial charge in [-0.3, -0.25) is 9.59 Å². The van der Waals surface area contributed by atoms with Crippen molar-refractivity contribution >= 4 is 17.6 Å². The zero-order chi connectivity index (χ0) is 17.8. The first-order chi connectivity index (χ1) is 12.1. The maximum Gasteiger partial charge on any atom is 0.287 e. The van der Waals surface area contributed by atoms with Gasteiger partial charge in [0.15, 0.2) is 5.82 Å². The maximum atomic E-state index is 12.4. The molecular formula is C18H17N5O2. The number of rotatable bonds is 4. The Labute approximate surface area is 144 Å². The molecule has 0 saturated heterocycles. The molecule has 0 aliphatic rings. The molecule has 7 heteroatoms. The molecule has 2 heterocycles. The Morgan fingerprint density at radius 2 is 1.72 bits per heavy atom. The van der Waals surface area contributed by atoms with E-state index in [0.717, 1.165) is 5.56 Å². The van der Waals surface area contributed by atoms with Crippen molar-refractivity contribution in [1.29, 1.82) is 0 Å². The predicted octanol–water partition coefficient (Wildman–Crippen LogP) is 2.09. The number of nitrogens with one attached hydrogen (secondary N) is 2. The third kappa shape index (κ3) is 3.55. The van der Waals surface area contributed by atoms with Gasteiger partial charge in [0.1, 0.15) is 5.69 Å². The number of aryl methyl sites for hydroxylation is 1. The quantitative estimate of drug-likeness (QED) is 0.764. The topological polar surface area (TPSA) is 88.9 Å². The maximum absolute atomic E-state index is 12.4. The first-order valence-corrected chi connectivity index (χ1v) is 7.68. The molecule has 1 aromatic carbocycles. The molecule has 0 bridgehead atoms. The molecular weight excluding hydrogens is 318 g/mol. The van der Waals surface area contributed by atoms with Crippen LogP contribution in [0.2, 0.25) is 0 Å². The molecule has 2 amide bonds. The summed E-state index contributed by atoms with van der Waals surface area (Å²) in [6.45, 7) is 0. The van der Waals surface area contributed by atoms with Gasteiger partial charge in [0.25, 0.3) is 11.8 Å². The highest BCUT2D eigenvalue weighted by molar-refractivity contribution is 6.03. The lowest BCUT2D eigenvalue weighted by Crippen LogP contribution is -2.21. The van der Waals surface area contributed by atoms with E-state index in [4.69, 9.17) is 0 Å². The van der Waals surface area contributed by atoms with Gasteiger partial charge >= 0.3 is 0 Å². The molecule has 0 atom stereocenters. The number of hydrogen-bond donors (Lipinski definition) is 2. The highest BCUT2D eigenvalue weighted by atomic mass is 16.2. The van der Waals surface area contributed by atoms with Crippen LogP contribution in [0.4, 0.5) is 5.82 Å². The van der Waals surface area contributed by atoms with E-state index >= 15 is 0 Å². The minimum atomic E-state index is -0.390. The first-order valence-electron chi connectivity index (χ1n) is 7.68. The molecule has 7 nitrogen and oxygen atoms in total. The molecule has 0 spiro atoms. The van der Waals surface area contributed by atoms with Gasteiger partial charge in [0.2, 0.25) is 5.82 Å². The van der Waals surface area contributed by atoms with E-state index < -0.39 is 0 Å². The monoisotopic (exact) mass is 335 g/mol. The van der Waals surface area contributed by atoms with Gasteiger partial charge in [-0.2, -0.15) is 0 Å². The zero-order valence-electron chi connectivity index (χ0n) is 13.9. The Morgan fingerprint density at radius 1 is 0.960 bits per heavy atom. The van der Waals surface area contributed by atoms with Crippen LogP contribution in [0.1, 0.15) is 21.1 Å². The van der Waals surface area contributed by atoms with Crippen LogP contribution in [0.25, 0.3) is 11.3 Å². The lowest BCUT2D eigenvalue weighted by Gasteiger charge is -2.04. The molecule has 0 saturated carbocycles. The summed E-state index contributed by atoms with van der Waals surface area (Å²) in [5, 5.41) is 5.16. The Kier molecular flexibility index (Phi) is 4.56. The average molecular weight is 335 g/mol. The average Bonchev–Trinajstić information content (AvgIpc) is 3.02. The zero-order valence-corrected chi connectivity index (χ0v) is 13.9. The molecule has 25 heavy (non-hydrogen) atoms. The van der Waals surface area contributed by atoms with Crippen LogP contribution < -0.4 is 10.6 Å². The standard InChI is InChI=1S/C18H17N5O2/c1-19-18(25)16-21-15(11-23(16)2)22-17(24)14-10-6-9-13(20-14)12-7-4-3-5-8-12/h3-11H,1-2H3,(H,19,25)(H,22,24). The van der Waals surface area contributed by atoms with Crippen molar-refractivity contribution in [1.82, 2.24) is 19.9 Å². The molecule has 2 aromatic heterocycles. The van der Waals surface area contributed by atoms with Gasteiger partial charge in [-0.15, -0.1) is 0 Å². The lowest BCUT2D eigenvalue weighted by atomic mass is 10.1. The van der Waals surface area contributed by atoms with E-state index in [0.29, 0.717) is 5.69 Å². The number of benzene rings is 1. The number of hydrogen-bond acceptors (Lipinski definition) is 4. The molecule has 0 fully saturated rings. The van der Waals surface area contributed by atoms with Crippen LogP contribution >= 0.6 is 0 Å². The highest BCUT2D eigenvalue weighted by Crippen LogP contribution is 2.17. The van der Waals surface area contributed by atoms with Crippen molar-refractivity contribution in [3.63, 3.8) is 0 Å². The van der Waals surface area contributed by atoms with E-state index in [1.165, 1.54) is 7.05 Å². The molecule has 0 aliphatic heterocycles. The van der Waals surface area contributed by atoms with Crippen molar-refractivity contribution in [3.05, 3.63) is 66.2 Å². The van der Waals surface area contributed by atoms with Crippen molar-refractivity contribution in [2.45, 2.75) is 0 Å². The summed E-state index contributed by atoms with van der Waals surface area (Å²) in [6.07, 6.45) is 1.57. The van der Waals surface area contributed by atoms with E-state index in [1.807, 2.05) is 36.4 Å². The molecule has 0 aliphatic carbocycles. The Hall–Kier alpha value is -3.48. The Morgan fingerprint density at radius 3 is 2.44 bits per heavy atom. The summed E-state index contributed by atoms with van der Waals surface area (Å²) in [7, 11) is 3.20. The Balaban J connectivity index is 1.81. The summed E-state index contributed by atoms with van der Waals surface area (Å²) in [5.74, 6) is -0.214. The largest absolute Gasteiger partial charge is 0.352 e. The second-order valence-corrected chi connectivity index (χ2v) is 5.37. The van der Waals surface area contributed by atoms with Crippen LogP contribution in [0.5, 0.6) is 0 Å². The van der Waals surface area contributed by atoms with Gasteiger partial charge in [0, 0.05) is 25.9 Å². The highest BCUT2D eigenvalue weighted by Gasteiger charge is 2.15. The van der Waals surface area contributed by atoms with E-state index in [-0.39, 0.29) is 29.2 Å². The van der Waals surface area contributed by atoms with Crippen LogP contribution in [0, 0.1) is 0 Å². The van der Waals surface area contributed by atoms with Gasteiger partial charge in [0.05, 0.1) is 5.69 Å². The predicted molar refractivity (Wildman–Crippen MR) is 94.2 cm³/mol. The van der Waals surface area contributed by atoms with Crippen LogP contribution in [-0.2, 0) is 7.05 Å². The summed E-state index contributed by atoms with van der Waals surface area (Å²) in [6, 6.07) is 14.9. The number of carbonyl (C=O) groups excluding carboxylic acids is 2. The second kappa shape index (κ2) is 6.96. The SMILES string of the molecule is CNC(=O)c1nc(NC(=O)c2cccc(-c3ccccc3)n2)cn1C. The normalized spacial score (nSPS) is 10.3. The molecule has 0 unspecified atom stereocenters. The fourth-order valence-electron chi connectivity index (χ4n) is 2.36.